The quantitative estimate of drug-likeness (QED) is 0.879. The Morgan fingerprint density at radius 3 is 2.78 bits per heavy atom. The van der Waals surface area contributed by atoms with Crippen LogP contribution in [0, 0.1) is 5.92 Å². The third kappa shape index (κ3) is 3.27. The Hall–Kier alpha value is -1.82. The van der Waals surface area contributed by atoms with Crippen LogP contribution in [0.3, 0.4) is 0 Å². The van der Waals surface area contributed by atoms with E-state index < -0.39 is 6.04 Å². The average Bonchev–Trinajstić information content (AvgIpc) is 3.11. The maximum absolute atomic E-state index is 13.1. The predicted octanol–water partition coefficient (Wildman–Crippen LogP) is 1.39. The zero-order valence-corrected chi connectivity index (χ0v) is 13.7. The lowest BCUT2D eigenvalue weighted by Gasteiger charge is -2.33. The second-order valence-electron chi connectivity index (χ2n) is 6.80. The van der Waals surface area contributed by atoms with E-state index in [2.05, 4.69) is 10.6 Å². The third-order valence-electron chi connectivity index (χ3n) is 4.87. The molecule has 3 heterocycles. The van der Waals surface area contributed by atoms with Gasteiger partial charge in [0.25, 0.3) is 5.91 Å². The van der Waals surface area contributed by atoms with Crippen LogP contribution in [0.4, 0.5) is 0 Å². The Morgan fingerprint density at radius 1 is 1.30 bits per heavy atom. The zero-order chi connectivity index (χ0) is 16.4. The molecule has 2 bridgehead atoms. The molecule has 126 valence electrons. The van der Waals surface area contributed by atoms with E-state index in [-0.39, 0.29) is 29.5 Å². The van der Waals surface area contributed by atoms with Crippen molar-refractivity contribution in [1.29, 1.82) is 0 Å². The van der Waals surface area contributed by atoms with E-state index in [0.29, 0.717) is 6.04 Å². The van der Waals surface area contributed by atoms with Gasteiger partial charge in [0.15, 0.2) is 5.76 Å². The molecule has 0 aromatic carbocycles. The second kappa shape index (κ2) is 6.74. The fourth-order valence-electron chi connectivity index (χ4n) is 3.64. The molecule has 1 aromatic rings. The highest BCUT2D eigenvalue weighted by molar-refractivity contribution is 5.95. The molecule has 2 amide bonds. The molecule has 23 heavy (non-hydrogen) atoms. The normalized spacial score (nSPS) is 25.3. The van der Waals surface area contributed by atoms with Gasteiger partial charge >= 0.3 is 0 Å². The molecule has 3 unspecified atom stereocenters. The van der Waals surface area contributed by atoms with Crippen LogP contribution in [0.15, 0.2) is 22.8 Å². The van der Waals surface area contributed by atoms with Crippen molar-refractivity contribution in [2.75, 3.05) is 13.1 Å². The van der Waals surface area contributed by atoms with Crippen molar-refractivity contribution in [3.8, 4) is 0 Å². The molecule has 6 heteroatoms. The van der Waals surface area contributed by atoms with E-state index in [0.717, 1.165) is 32.4 Å². The molecule has 2 saturated heterocycles. The fraction of sp³-hybridized carbons (Fsp3) is 0.647. The van der Waals surface area contributed by atoms with Crippen LogP contribution >= 0.6 is 0 Å². The van der Waals surface area contributed by atoms with Crippen LogP contribution in [0.2, 0.25) is 0 Å². The summed E-state index contributed by atoms with van der Waals surface area (Å²) in [5.41, 5.74) is 0. The van der Waals surface area contributed by atoms with Gasteiger partial charge in [-0.2, -0.15) is 0 Å². The standard InChI is InChI=1S/C17H25N3O3/c1-11(2)15(19-16(21)14-4-3-9-23-14)17(22)20-12-5-6-13(20)10-18-8-7-12/h3-4,9,11-13,15,18H,5-8,10H2,1-2H3,(H,19,21). The van der Waals surface area contributed by atoms with Crippen LogP contribution in [0.5, 0.6) is 0 Å². The van der Waals surface area contributed by atoms with Crippen LogP contribution in [-0.4, -0.2) is 47.9 Å². The van der Waals surface area contributed by atoms with Crippen molar-refractivity contribution in [2.24, 2.45) is 5.92 Å². The summed E-state index contributed by atoms with van der Waals surface area (Å²) in [4.78, 5) is 27.4. The molecular formula is C17H25N3O3. The minimum Gasteiger partial charge on any atom is -0.459 e. The molecule has 0 aliphatic carbocycles. The van der Waals surface area contributed by atoms with E-state index in [4.69, 9.17) is 4.42 Å². The molecular weight excluding hydrogens is 294 g/mol. The smallest absolute Gasteiger partial charge is 0.287 e. The van der Waals surface area contributed by atoms with E-state index in [9.17, 15) is 9.59 Å². The number of fused-ring (bicyclic) bond motifs is 2. The highest BCUT2D eigenvalue weighted by Crippen LogP contribution is 2.29. The summed E-state index contributed by atoms with van der Waals surface area (Å²) >= 11 is 0. The lowest BCUT2D eigenvalue weighted by molar-refractivity contribution is -0.137. The molecule has 2 aliphatic heterocycles. The van der Waals surface area contributed by atoms with E-state index in [1.165, 1.54) is 6.26 Å². The highest BCUT2D eigenvalue weighted by Gasteiger charge is 2.41. The van der Waals surface area contributed by atoms with Gasteiger partial charge in [0.1, 0.15) is 6.04 Å². The number of rotatable bonds is 4. The number of carbonyl (C=O) groups is 2. The minimum absolute atomic E-state index is 0.0250. The molecule has 0 saturated carbocycles. The number of hydrogen-bond donors (Lipinski definition) is 2. The first-order valence-corrected chi connectivity index (χ1v) is 8.45. The van der Waals surface area contributed by atoms with Gasteiger partial charge in [-0.3, -0.25) is 9.59 Å². The SMILES string of the molecule is CC(C)C(NC(=O)c1ccco1)C(=O)N1C2CCNCC1CC2. The first-order valence-electron chi connectivity index (χ1n) is 8.45. The lowest BCUT2D eigenvalue weighted by atomic mass is 10.0. The van der Waals surface area contributed by atoms with E-state index >= 15 is 0 Å². The Balaban J connectivity index is 1.75. The monoisotopic (exact) mass is 319 g/mol. The summed E-state index contributed by atoms with van der Waals surface area (Å²) in [6, 6.07) is 3.30. The maximum Gasteiger partial charge on any atom is 0.287 e. The maximum atomic E-state index is 13.1. The zero-order valence-electron chi connectivity index (χ0n) is 13.7. The first-order chi connectivity index (χ1) is 11.1. The van der Waals surface area contributed by atoms with Crippen molar-refractivity contribution >= 4 is 11.8 Å². The second-order valence-corrected chi connectivity index (χ2v) is 6.80. The Labute approximate surface area is 136 Å². The summed E-state index contributed by atoms with van der Waals surface area (Å²) in [6.45, 7) is 5.72. The lowest BCUT2D eigenvalue weighted by Crippen LogP contribution is -2.55. The van der Waals surface area contributed by atoms with Crippen molar-refractivity contribution in [1.82, 2.24) is 15.5 Å². The average molecular weight is 319 g/mol. The third-order valence-corrected chi connectivity index (χ3v) is 4.87. The number of hydrogen-bond acceptors (Lipinski definition) is 4. The molecule has 3 rings (SSSR count). The Kier molecular flexibility index (Phi) is 4.71. The summed E-state index contributed by atoms with van der Waals surface area (Å²) < 4.78 is 5.13. The van der Waals surface area contributed by atoms with Gasteiger partial charge in [0.05, 0.1) is 6.26 Å². The van der Waals surface area contributed by atoms with Gasteiger partial charge in [-0.1, -0.05) is 13.8 Å². The molecule has 0 radical (unpaired) electrons. The van der Waals surface area contributed by atoms with Crippen molar-refractivity contribution in [3.05, 3.63) is 24.2 Å². The minimum atomic E-state index is -0.520. The van der Waals surface area contributed by atoms with Gasteiger partial charge in [-0.05, 0) is 43.9 Å². The van der Waals surface area contributed by atoms with Gasteiger partial charge in [0.2, 0.25) is 5.91 Å². The topological polar surface area (TPSA) is 74.6 Å². The van der Waals surface area contributed by atoms with Gasteiger partial charge in [-0.25, -0.2) is 0 Å². The number of nitrogens with one attached hydrogen (secondary N) is 2. The number of nitrogens with zero attached hydrogens (tertiary/aromatic N) is 1. The summed E-state index contributed by atoms with van der Waals surface area (Å²) in [6.07, 6.45) is 4.55. The molecule has 2 fully saturated rings. The van der Waals surface area contributed by atoms with Crippen molar-refractivity contribution in [2.45, 2.75) is 51.2 Å². The first kappa shape index (κ1) is 16.1. The molecule has 2 aliphatic rings. The van der Waals surface area contributed by atoms with Crippen molar-refractivity contribution in [3.63, 3.8) is 0 Å². The summed E-state index contributed by atoms with van der Waals surface area (Å²) in [5.74, 6) is -0.0283. The molecule has 6 nitrogen and oxygen atoms in total. The molecule has 0 spiro atoms. The fourth-order valence-corrected chi connectivity index (χ4v) is 3.64. The number of amides is 2. The van der Waals surface area contributed by atoms with E-state index in [1.54, 1.807) is 12.1 Å². The van der Waals surface area contributed by atoms with Crippen LogP contribution in [0.25, 0.3) is 0 Å². The molecule has 1 aromatic heterocycles. The predicted molar refractivity (Wildman–Crippen MR) is 85.9 cm³/mol. The Morgan fingerprint density at radius 2 is 2.09 bits per heavy atom. The van der Waals surface area contributed by atoms with Gasteiger partial charge in [-0.15, -0.1) is 0 Å². The van der Waals surface area contributed by atoms with Crippen LogP contribution in [-0.2, 0) is 4.79 Å². The summed E-state index contributed by atoms with van der Waals surface area (Å²) in [5, 5.41) is 6.26. The number of furan rings is 1. The van der Waals surface area contributed by atoms with Crippen LogP contribution < -0.4 is 10.6 Å². The van der Waals surface area contributed by atoms with Gasteiger partial charge < -0.3 is 20.0 Å². The highest BCUT2D eigenvalue weighted by atomic mass is 16.3. The van der Waals surface area contributed by atoms with Crippen LogP contribution in [0.1, 0.15) is 43.7 Å². The van der Waals surface area contributed by atoms with Crippen molar-refractivity contribution < 1.29 is 14.0 Å². The molecule has 2 N–H and O–H groups in total. The van der Waals surface area contributed by atoms with Gasteiger partial charge in [0, 0.05) is 18.6 Å². The summed E-state index contributed by atoms with van der Waals surface area (Å²) in [7, 11) is 0. The van der Waals surface area contributed by atoms with E-state index in [1.807, 2.05) is 18.7 Å². The number of carbonyl (C=O) groups excluding carboxylic acids is 2. The largest absolute Gasteiger partial charge is 0.459 e. The molecule has 3 atom stereocenters. The Bertz CT molecular complexity index is 541.